The van der Waals surface area contributed by atoms with E-state index >= 15 is 0 Å². The fourth-order valence-corrected chi connectivity index (χ4v) is 3.94. The van der Waals surface area contributed by atoms with E-state index < -0.39 is 0 Å². The number of aromatic nitrogens is 1. The second kappa shape index (κ2) is 6.58. The number of thiazole rings is 1. The molecule has 2 atom stereocenters. The Morgan fingerprint density at radius 1 is 1.50 bits per heavy atom. The first-order chi connectivity index (χ1) is 10.6. The van der Waals surface area contributed by atoms with Gasteiger partial charge in [-0.25, -0.2) is 4.98 Å². The highest BCUT2D eigenvalue weighted by Crippen LogP contribution is 2.26. The number of nitrogens with one attached hydrogen (secondary N) is 2. The van der Waals surface area contributed by atoms with Gasteiger partial charge in [0.05, 0.1) is 29.2 Å². The number of amides is 2. The summed E-state index contributed by atoms with van der Waals surface area (Å²) >= 11 is 3.13. The van der Waals surface area contributed by atoms with Crippen LogP contribution < -0.4 is 10.6 Å². The van der Waals surface area contributed by atoms with Gasteiger partial charge in [-0.05, 0) is 35.7 Å². The van der Waals surface area contributed by atoms with E-state index in [-0.39, 0.29) is 30.3 Å². The van der Waals surface area contributed by atoms with Gasteiger partial charge in [-0.2, -0.15) is 11.3 Å². The lowest BCUT2D eigenvalue weighted by atomic mass is 9.93. The van der Waals surface area contributed by atoms with Crippen LogP contribution in [0.25, 0.3) is 0 Å². The smallest absolute Gasteiger partial charge is 0.226 e. The summed E-state index contributed by atoms with van der Waals surface area (Å²) in [6.45, 7) is 1.93. The van der Waals surface area contributed by atoms with E-state index in [4.69, 9.17) is 0 Å². The van der Waals surface area contributed by atoms with Crippen LogP contribution in [-0.4, -0.2) is 22.8 Å². The van der Waals surface area contributed by atoms with Gasteiger partial charge in [0.15, 0.2) is 0 Å². The molecule has 0 spiro atoms. The van der Waals surface area contributed by atoms with Crippen LogP contribution in [0, 0.1) is 6.92 Å². The van der Waals surface area contributed by atoms with Gasteiger partial charge < -0.3 is 10.6 Å². The molecule has 1 saturated heterocycles. The fraction of sp³-hybridized carbons (Fsp3) is 0.400. The highest BCUT2D eigenvalue weighted by molar-refractivity contribution is 7.09. The summed E-state index contributed by atoms with van der Waals surface area (Å²) in [6.07, 6.45) is 1.39. The van der Waals surface area contributed by atoms with Crippen LogP contribution in [0.15, 0.2) is 22.2 Å². The molecule has 1 aliphatic rings. The minimum atomic E-state index is -0.145. The lowest BCUT2D eigenvalue weighted by Gasteiger charge is -2.32. The Balaban J connectivity index is 1.66. The lowest BCUT2D eigenvalue weighted by Crippen LogP contribution is -2.50. The molecule has 0 saturated carbocycles. The van der Waals surface area contributed by atoms with Crippen LogP contribution in [0.5, 0.6) is 0 Å². The van der Waals surface area contributed by atoms with Gasteiger partial charge in [-0.15, -0.1) is 11.3 Å². The Labute approximate surface area is 136 Å². The number of hydrogen-bond donors (Lipinski definition) is 2. The Hall–Kier alpha value is -1.73. The summed E-state index contributed by atoms with van der Waals surface area (Å²) in [4.78, 5) is 28.2. The molecule has 3 heterocycles. The monoisotopic (exact) mass is 335 g/mol. The van der Waals surface area contributed by atoms with E-state index in [2.05, 4.69) is 15.6 Å². The normalized spacial score (nSPS) is 21.4. The van der Waals surface area contributed by atoms with E-state index in [0.29, 0.717) is 12.8 Å². The Bertz CT molecular complexity index is 666. The van der Waals surface area contributed by atoms with Crippen LogP contribution in [0.3, 0.4) is 0 Å². The van der Waals surface area contributed by atoms with Crippen molar-refractivity contribution in [1.29, 1.82) is 0 Å². The maximum atomic E-state index is 12.2. The molecule has 5 nitrogen and oxygen atoms in total. The van der Waals surface area contributed by atoms with Gasteiger partial charge in [-0.1, -0.05) is 0 Å². The van der Waals surface area contributed by atoms with Crippen molar-refractivity contribution in [1.82, 2.24) is 15.6 Å². The molecule has 116 valence electrons. The third-order valence-electron chi connectivity index (χ3n) is 3.66. The average Bonchev–Trinajstić information content (AvgIpc) is 3.12. The van der Waals surface area contributed by atoms with Crippen molar-refractivity contribution in [2.45, 2.75) is 38.3 Å². The van der Waals surface area contributed by atoms with Crippen molar-refractivity contribution < 1.29 is 9.59 Å². The van der Waals surface area contributed by atoms with Crippen molar-refractivity contribution >= 4 is 34.5 Å². The number of hydrogen-bond acceptors (Lipinski definition) is 5. The zero-order valence-electron chi connectivity index (χ0n) is 12.2. The van der Waals surface area contributed by atoms with Crippen molar-refractivity contribution in [3.8, 4) is 0 Å². The van der Waals surface area contributed by atoms with E-state index in [1.54, 1.807) is 22.7 Å². The van der Waals surface area contributed by atoms with Crippen LogP contribution in [0.2, 0.25) is 0 Å². The summed E-state index contributed by atoms with van der Waals surface area (Å²) in [7, 11) is 0. The van der Waals surface area contributed by atoms with Crippen LogP contribution in [-0.2, 0) is 16.0 Å². The van der Waals surface area contributed by atoms with E-state index in [1.807, 2.05) is 29.1 Å². The van der Waals surface area contributed by atoms with Gasteiger partial charge in [0, 0.05) is 11.8 Å². The van der Waals surface area contributed by atoms with Gasteiger partial charge in [0.2, 0.25) is 11.8 Å². The highest BCUT2D eigenvalue weighted by Gasteiger charge is 2.31. The summed E-state index contributed by atoms with van der Waals surface area (Å²) in [5.74, 6) is -0.0106. The summed E-state index contributed by atoms with van der Waals surface area (Å²) < 4.78 is 0. The van der Waals surface area contributed by atoms with Crippen LogP contribution >= 0.6 is 22.7 Å². The van der Waals surface area contributed by atoms with Crippen molar-refractivity contribution in [3.63, 3.8) is 0 Å². The molecule has 0 radical (unpaired) electrons. The number of nitrogens with zero attached hydrogens (tertiary/aromatic N) is 1. The molecule has 1 aliphatic heterocycles. The summed E-state index contributed by atoms with van der Waals surface area (Å²) in [5.41, 5.74) is 1.85. The molecule has 0 aromatic carbocycles. The number of carbonyl (C=O) groups is 2. The minimum absolute atomic E-state index is 0.0387. The van der Waals surface area contributed by atoms with Crippen molar-refractivity contribution in [3.05, 3.63) is 38.5 Å². The third-order valence-corrected chi connectivity index (χ3v) is 5.18. The van der Waals surface area contributed by atoms with Gasteiger partial charge in [-0.3, -0.25) is 9.59 Å². The summed E-state index contributed by atoms with van der Waals surface area (Å²) in [5, 5.41) is 12.9. The molecule has 7 heteroatoms. The minimum Gasteiger partial charge on any atom is -0.351 e. The predicted octanol–water partition coefficient (Wildman–Crippen LogP) is 2.19. The van der Waals surface area contributed by atoms with E-state index in [1.165, 1.54) is 0 Å². The molecule has 0 bridgehead atoms. The van der Waals surface area contributed by atoms with Gasteiger partial charge in [0.1, 0.15) is 0 Å². The molecular weight excluding hydrogens is 318 g/mol. The number of rotatable bonds is 4. The van der Waals surface area contributed by atoms with Crippen LogP contribution in [0.4, 0.5) is 0 Å². The standard InChI is InChI=1S/C15H17N3O2S2/c1-9-16-11(8-22-9)6-14(20)17-12-2-3-13(19)18-15(12)10-4-5-21-7-10/h4-5,7-8,12,15H,2-3,6H2,1H3,(H,17,20)(H,18,19)/t12-,15+/m1/s1. The van der Waals surface area contributed by atoms with E-state index in [9.17, 15) is 9.59 Å². The topological polar surface area (TPSA) is 71.1 Å². The molecule has 2 aromatic heterocycles. The van der Waals surface area contributed by atoms with Gasteiger partial charge in [0.25, 0.3) is 0 Å². The SMILES string of the molecule is Cc1nc(CC(=O)N[C@@H]2CCC(=O)N[C@H]2c2ccsc2)cs1. The molecule has 2 amide bonds. The predicted molar refractivity (Wildman–Crippen MR) is 86.9 cm³/mol. The first-order valence-corrected chi connectivity index (χ1v) is 8.96. The average molecular weight is 335 g/mol. The molecule has 2 aromatic rings. The third kappa shape index (κ3) is 3.53. The maximum Gasteiger partial charge on any atom is 0.226 e. The molecule has 2 N–H and O–H groups in total. The van der Waals surface area contributed by atoms with Crippen molar-refractivity contribution in [2.75, 3.05) is 0 Å². The molecule has 22 heavy (non-hydrogen) atoms. The molecule has 0 unspecified atom stereocenters. The number of thiophene rings is 1. The molecule has 0 aliphatic carbocycles. The summed E-state index contributed by atoms with van der Waals surface area (Å²) in [6, 6.07) is 1.78. The Kier molecular flexibility index (Phi) is 4.54. The molecule has 3 rings (SSSR count). The number of piperidine rings is 1. The van der Waals surface area contributed by atoms with Gasteiger partial charge >= 0.3 is 0 Å². The van der Waals surface area contributed by atoms with E-state index in [0.717, 1.165) is 16.3 Å². The zero-order valence-corrected chi connectivity index (χ0v) is 13.8. The number of aryl methyl sites for hydroxylation is 1. The highest BCUT2D eigenvalue weighted by atomic mass is 32.1. The number of carbonyl (C=O) groups excluding carboxylic acids is 2. The second-order valence-corrected chi connectivity index (χ2v) is 7.19. The largest absolute Gasteiger partial charge is 0.351 e. The Morgan fingerprint density at radius 3 is 3.05 bits per heavy atom. The molecule has 1 fully saturated rings. The first kappa shape index (κ1) is 15.2. The quantitative estimate of drug-likeness (QED) is 0.900. The maximum absolute atomic E-state index is 12.2. The molecular formula is C15H17N3O2S2. The zero-order chi connectivity index (χ0) is 15.5. The Morgan fingerprint density at radius 2 is 2.36 bits per heavy atom. The first-order valence-electron chi connectivity index (χ1n) is 7.13. The fourth-order valence-electron chi connectivity index (χ4n) is 2.63. The second-order valence-electron chi connectivity index (χ2n) is 5.35. The van der Waals surface area contributed by atoms with Crippen molar-refractivity contribution in [2.24, 2.45) is 0 Å². The van der Waals surface area contributed by atoms with Crippen LogP contribution in [0.1, 0.15) is 35.1 Å². The lowest BCUT2D eigenvalue weighted by molar-refractivity contribution is -0.126.